The van der Waals surface area contributed by atoms with Crippen molar-refractivity contribution in [3.63, 3.8) is 0 Å². The van der Waals surface area contributed by atoms with E-state index in [-0.39, 0.29) is 11.9 Å². The molecule has 0 aromatic heterocycles. The van der Waals surface area contributed by atoms with E-state index < -0.39 is 5.91 Å². The fourth-order valence-corrected chi connectivity index (χ4v) is 2.53. The Morgan fingerprint density at radius 3 is 2.25 bits per heavy atom. The van der Waals surface area contributed by atoms with Crippen LogP contribution in [0.25, 0.3) is 0 Å². The van der Waals surface area contributed by atoms with Crippen LogP contribution in [0, 0.1) is 0 Å². The zero-order chi connectivity index (χ0) is 17.7. The zero-order valence-electron chi connectivity index (χ0n) is 13.7. The number of likely N-dealkylation sites (N-methyl/N-ethyl adjacent to an activating group) is 1. The van der Waals surface area contributed by atoms with Crippen molar-refractivity contribution in [2.45, 2.75) is 19.5 Å². The van der Waals surface area contributed by atoms with E-state index >= 15 is 0 Å². The Balaban J connectivity index is 1.95. The molecule has 0 bridgehead atoms. The molecule has 0 spiro atoms. The summed E-state index contributed by atoms with van der Waals surface area (Å²) in [5, 5.41) is 2.86. The van der Waals surface area contributed by atoms with Gasteiger partial charge in [-0.2, -0.15) is 0 Å². The first kappa shape index (κ1) is 18.2. The van der Waals surface area contributed by atoms with E-state index in [1.165, 1.54) is 5.56 Å². The summed E-state index contributed by atoms with van der Waals surface area (Å²) < 4.78 is 1.04. The Hall–Kier alpha value is -2.18. The van der Waals surface area contributed by atoms with Crippen LogP contribution in [0.2, 0.25) is 0 Å². The lowest BCUT2D eigenvalue weighted by molar-refractivity contribution is -0.907. The van der Waals surface area contributed by atoms with E-state index in [0.29, 0.717) is 11.3 Å². The number of nitrogens with one attached hydrogen (secondary N) is 2. The maximum atomic E-state index is 12.4. The molecule has 2 aromatic rings. The second-order valence-electron chi connectivity index (χ2n) is 5.80. The first-order chi connectivity index (χ1) is 11.4. The molecule has 0 aliphatic rings. The number of halogens is 1. The Labute approximate surface area is 150 Å². The number of benzene rings is 2. The van der Waals surface area contributed by atoms with Gasteiger partial charge >= 0.3 is 0 Å². The molecule has 2 aromatic carbocycles. The number of primary amides is 1. The van der Waals surface area contributed by atoms with Crippen molar-refractivity contribution < 1.29 is 14.5 Å². The molecule has 1 unspecified atom stereocenters. The SMILES string of the molecule is C[C@H](C(=O)Nc1ccc(C(N)=O)cc1)[NH+](C)Cc1ccc(Br)cc1. The summed E-state index contributed by atoms with van der Waals surface area (Å²) >= 11 is 3.42. The summed E-state index contributed by atoms with van der Waals surface area (Å²) in [5.74, 6) is -0.559. The van der Waals surface area contributed by atoms with Gasteiger partial charge in [0.25, 0.3) is 5.91 Å². The second kappa shape index (κ2) is 8.08. The highest BCUT2D eigenvalue weighted by atomic mass is 79.9. The molecule has 2 atom stereocenters. The minimum atomic E-state index is -0.486. The van der Waals surface area contributed by atoms with Gasteiger partial charge in [-0.15, -0.1) is 0 Å². The van der Waals surface area contributed by atoms with Crippen molar-refractivity contribution in [3.05, 3.63) is 64.1 Å². The normalized spacial score (nSPS) is 13.1. The van der Waals surface area contributed by atoms with Crippen LogP contribution in [0.1, 0.15) is 22.8 Å². The molecule has 6 heteroatoms. The van der Waals surface area contributed by atoms with E-state index in [1.54, 1.807) is 24.3 Å². The lowest BCUT2D eigenvalue weighted by Gasteiger charge is -2.21. The Bertz CT molecular complexity index is 714. The third-order valence-corrected chi connectivity index (χ3v) is 4.49. The predicted octanol–water partition coefficient (Wildman–Crippen LogP) is 1.59. The average molecular weight is 391 g/mol. The summed E-state index contributed by atoms with van der Waals surface area (Å²) in [5.41, 5.74) is 7.43. The maximum absolute atomic E-state index is 12.4. The lowest BCUT2D eigenvalue weighted by atomic mass is 10.1. The summed E-state index contributed by atoms with van der Waals surface area (Å²) in [6.07, 6.45) is 0. The van der Waals surface area contributed by atoms with Gasteiger partial charge in [0, 0.05) is 21.3 Å². The minimum Gasteiger partial charge on any atom is -0.366 e. The molecule has 0 heterocycles. The number of carbonyl (C=O) groups excluding carboxylic acids is 2. The average Bonchev–Trinajstić information content (AvgIpc) is 2.56. The number of rotatable bonds is 6. The van der Waals surface area contributed by atoms with Crippen LogP contribution in [0.15, 0.2) is 53.0 Å². The van der Waals surface area contributed by atoms with Gasteiger partial charge < -0.3 is 16.0 Å². The maximum Gasteiger partial charge on any atom is 0.282 e. The number of quaternary nitrogens is 1. The third kappa shape index (κ3) is 4.91. The highest BCUT2D eigenvalue weighted by Crippen LogP contribution is 2.10. The van der Waals surface area contributed by atoms with E-state index in [9.17, 15) is 9.59 Å². The second-order valence-corrected chi connectivity index (χ2v) is 6.72. The Morgan fingerprint density at radius 2 is 1.71 bits per heavy atom. The van der Waals surface area contributed by atoms with Crippen molar-refractivity contribution in [1.29, 1.82) is 0 Å². The summed E-state index contributed by atoms with van der Waals surface area (Å²) in [6.45, 7) is 2.64. The van der Waals surface area contributed by atoms with Crippen LogP contribution in [0.5, 0.6) is 0 Å². The number of hydrogen-bond donors (Lipinski definition) is 3. The third-order valence-electron chi connectivity index (χ3n) is 3.97. The van der Waals surface area contributed by atoms with Crippen molar-refractivity contribution >= 4 is 33.4 Å². The standard InChI is InChI=1S/C18H20BrN3O2/c1-12(22(2)11-13-3-7-15(19)8-4-13)18(24)21-16-9-5-14(6-10-16)17(20)23/h3-10,12H,11H2,1-2H3,(H2,20,23)(H,21,24)/p+1/t12-/m1/s1. The molecular formula is C18H21BrN3O2+. The number of carbonyl (C=O) groups is 2. The van der Waals surface area contributed by atoms with E-state index in [0.717, 1.165) is 15.9 Å². The molecule has 2 amide bonds. The highest BCUT2D eigenvalue weighted by molar-refractivity contribution is 9.10. The van der Waals surface area contributed by atoms with Crippen LogP contribution >= 0.6 is 15.9 Å². The monoisotopic (exact) mass is 390 g/mol. The molecule has 0 aliphatic carbocycles. The minimum absolute atomic E-state index is 0.0727. The van der Waals surface area contributed by atoms with Gasteiger partial charge in [-0.25, -0.2) is 0 Å². The number of anilines is 1. The van der Waals surface area contributed by atoms with E-state index in [4.69, 9.17) is 5.73 Å². The smallest absolute Gasteiger partial charge is 0.282 e. The number of nitrogens with two attached hydrogens (primary N) is 1. The van der Waals surface area contributed by atoms with Gasteiger partial charge in [-0.1, -0.05) is 28.1 Å². The van der Waals surface area contributed by atoms with Crippen molar-refractivity contribution in [1.82, 2.24) is 0 Å². The Kier molecular flexibility index (Phi) is 6.11. The van der Waals surface area contributed by atoms with Crippen LogP contribution in [0.3, 0.4) is 0 Å². The summed E-state index contributed by atoms with van der Waals surface area (Å²) in [6, 6.07) is 14.4. The topological polar surface area (TPSA) is 76.6 Å². The lowest BCUT2D eigenvalue weighted by Crippen LogP contribution is -3.12. The number of hydrogen-bond acceptors (Lipinski definition) is 2. The molecule has 24 heavy (non-hydrogen) atoms. The quantitative estimate of drug-likeness (QED) is 0.700. The molecule has 4 N–H and O–H groups in total. The van der Waals surface area contributed by atoms with E-state index in [2.05, 4.69) is 21.2 Å². The molecule has 0 radical (unpaired) electrons. The van der Waals surface area contributed by atoms with Gasteiger partial charge in [-0.3, -0.25) is 9.59 Å². The van der Waals surface area contributed by atoms with Gasteiger partial charge in [0.1, 0.15) is 6.54 Å². The van der Waals surface area contributed by atoms with E-state index in [1.807, 2.05) is 38.2 Å². The first-order valence-electron chi connectivity index (χ1n) is 7.64. The van der Waals surface area contributed by atoms with Gasteiger partial charge in [0.2, 0.25) is 5.91 Å². The molecule has 0 saturated heterocycles. The predicted molar refractivity (Wildman–Crippen MR) is 97.8 cm³/mol. The summed E-state index contributed by atoms with van der Waals surface area (Å²) in [7, 11) is 1.99. The Morgan fingerprint density at radius 1 is 1.12 bits per heavy atom. The van der Waals surface area contributed by atoms with Gasteiger partial charge in [0.05, 0.1) is 7.05 Å². The van der Waals surface area contributed by atoms with Crippen molar-refractivity contribution in [2.75, 3.05) is 12.4 Å². The molecular weight excluding hydrogens is 370 g/mol. The highest BCUT2D eigenvalue weighted by Gasteiger charge is 2.22. The largest absolute Gasteiger partial charge is 0.366 e. The molecule has 2 rings (SSSR count). The fourth-order valence-electron chi connectivity index (χ4n) is 2.27. The molecule has 5 nitrogen and oxygen atoms in total. The first-order valence-corrected chi connectivity index (χ1v) is 8.43. The van der Waals surface area contributed by atoms with Crippen LogP contribution in [-0.4, -0.2) is 24.9 Å². The van der Waals surface area contributed by atoms with Gasteiger partial charge in [0.15, 0.2) is 6.04 Å². The van der Waals surface area contributed by atoms with Gasteiger partial charge in [-0.05, 0) is 43.3 Å². The van der Waals surface area contributed by atoms with Crippen molar-refractivity contribution in [2.24, 2.45) is 5.73 Å². The van der Waals surface area contributed by atoms with Crippen LogP contribution in [0.4, 0.5) is 5.69 Å². The molecule has 0 fully saturated rings. The zero-order valence-corrected chi connectivity index (χ0v) is 15.3. The fraction of sp³-hybridized carbons (Fsp3) is 0.222. The van der Waals surface area contributed by atoms with Crippen molar-refractivity contribution in [3.8, 4) is 0 Å². The molecule has 126 valence electrons. The molecule has 0 aliphatic heterocycles. The molecule has 0 saturated carbocycles. The summed E-state index contributed by atoms with van der Waals surface area (Å²) in [4.78, 5) is 24.5. The van der Waals surface area contributed by atoms with Crippen LogP contribution < -0.4 is 16.0 Å². The number of amides is 2. The van der Waals surface area contributed by atoms with Crippen LogP contribution in [-0.2, 0) is 11.3 Å².